The van der Waals surface area contributed by atoms with Crippen molar-refractivity contribution in [1.82, 2.24) is 30.0 Å². The number of nitrogens with one attached hydrogen (secondary N) is 1. The van der Waals surface area contributed by atoms with E-state index < -0.39 is 23.7 Å². The van der Waals surface area contributed by atoms with Crippen LogP contribution in [0.4, 0.5) is 13.2 Å². The largest absolute Gasteiger partial charge is 0.416 e. The maximum atomic E-state index is 12.9. The molecule has 7 nitrogen and oxygen atoms in total. The highest BCUT2D eigenvalue weighted by Gasteiger charge is 2.32. The average molecular weight is 431 g/mol. The van der Waals surface area contributed by atoms with Crippen LogP contribution in [0.3, 0.4) is 0 Å². The molecule has 0 radical (unpaired) electrons. The highest BCUT2D eigenvalue weighted by Crippen LogP contribution is 2.32. The summed E-state index contributed by atoms with van der Waals surface area (Å²) in [4.78, 5) is 24.5. The topological polar surface area (TPSA) is 85.6 Å². The van der Waals surface area contributed by atoms with Crippen LogP contribution in [0.1, 0.15) is 34.7 Å². The van der Waals surface area contributed by atoms with Crippen molar-refractivity contribution in [1.29, 1.82) is 0 Å². The Kier molecular flexibility index (Phi) is 5.52. The van der Waals surface area contributed by atoms with Crippen molar-refractivity contribution in [3.05, 3.63) is 63.9 Å². The van der Waals surface area contributed by atoms with Crippen LogP contribution in [0.2, 0.25) is 10.3 Å². The second kappa shape index (κ2) is 7.72. The van der Waals surface area contributed by atoms with Gasteiger partial charge >= 0.3 is 6.18 Å². The summed E-state index contributed by atoms with van der Waals surface area (Å²) in [7, 11) is 0. The molecule has 0 aliphatic heterocycles. The van der Waals surface area contributed by atoms with Gasteiger partial charge in [0.25, 0.3) is 11.9 Å². The molecular formula is C16H11Cl2F3N6O. The van der Waals surface area contributed by atoms with E-state index in [0.717, 1.165) is 12.1 Å². The summed E-state index contributed by atoms with van der Waals surface area (Å²) in [6.07, 6.45) is -1.67. The number of carbonyl (C=O) groups is 1. The molecule has 0 spiro atoms. The molecule has 0 fully saturated rings. The van der Waals surface area contributed by atoms with Crippen LogP contribution >= 0.6 is 23.2 Å². The molecule has 2 heterocycles. The minimum atomic E-state index is -4.64. The predicted octanol–water partition coefficient (Wildman–Crippen LogP) is 3.87. The van der Waals surface area contributed by atoms with Crippen molar-refractivity contribution in [3.63, 3.8) is 0 Å². The van der Waals surface area contributed by atoms with Crippen molar-refractivity contribution in [3.8, 4) is 5.95 Å². The van der Waals surface area contributed by atoms with Gasteiger partial charge in [0.1, 0.15) is 0 Å². The standard InChI is InChI=1S/C16H11Cl2F3N6O/c1-8(12-25-14(18)26-27(12)15-22-3-2-4-23-15)24-13(28)9-5-10(16(19,20)21)7-11(17)6-9/h2-8H,1H3,(H,24,28). The first-order valence-electron chi connectivity index (χ1n) is 7.73. The van der Waals surface area contributed by atoms with Crippen molar-refractivity contribution in [2.75, 3.05) is 0 Å². The molecule has 1 amide bonds. The lowest BCUT2D eigenvalue weighted by atomic mass is 10.1. The lowest BCUT2D eigenvalue weighted by Crippen LogP contribution is -2.29. The lowest BCUT2D eigenvalue weighted by molar-refractivity contribution is -0.137. The van der Waals surface area contributed by atoms with Gasteiger partial charge in [0.2, 0.25) is 5.28 Å². The fourth-order valence-electron chi connectivity index (χ4n) is 2.35. The summed E-state index contributed by atoms with van der Waals surface area (Å²) in [6, 6.07) is 3.42. The smallest absolute Gasteiger partial charge is 0.342 e. The first kappa shape index (κ1) is 20.0. The van der Waals surface area contributed by atoms with E-state index in [-0.39, 0.29) is 27.6 Å². The Morgan fingerprint density at radius 1 is 1.18 bits per heavy atom. The van der Waals surface area contributed by atoms with E-state index in [0.29, 0.717) is 6.07 Å². The Bertz CT molecular complexity index is 1010. The van der Waals surface area contributed by atoms with Gasteiger partial charge < -0.3 is 5.32 Å². The minimum absolute atomic E-state index is 0.106. The number of amides is 1. The molecule has 0 bridgehead atoms. The van der Waals surface area contributed by atoms with E-state index >= 15 is 0 Å². The first-order valence-corrected chi connectivity index (χ1v) is 8.49. The Hall–Kier alpha value is -2.72. The van der Waals surface area contributed by atoms with Crippen LogP contribution in [-0.4, -0.2) is 30.6 Å². The molecule has 0 aliphatic rings. The Balaban J connectivity index is 1.88. The van der Waals surface area contributed by atoms with Crippen LogP contribution in [0.5, 0.6) is 0 Å². The Labute approximate surface area is 166 Å². The molecule has 12 heteroatoms. The average Bonchev–Trinajstić information content (AvgIpc) is 3.03. The van der Waals surface area contributed by atoms with E-state index in [9.17, 15) is 18.0 Å². The third kappa shape index (κ3) is 4.39. The van der Waals surface area contributed by atoms with Crippen LogP contribution in [0.15, 0.2) is 36.7 Å². The molecule has 1 aromatic carbocycles. The summed E-state index contributed by atoms with van der Waals surface area (Å²) in [5.41, 5.74) is -1.28. The number of rotatable bonds is 4. The molecule has 1 atom stereocenters. The fraction of sp³-hybridized carbons (Fsp3) is 0.188. The van der Waals surface area contributed by atoms with E-state index in [1.165, 1.54) is 17.1 Å². The van der Waals surface area contributed by atoms with E-state index in [1.807, 2.05) is 0 Å². The molecule has 3 aromatic rings. The molecule has 146 valence electrons. The molecule has 1 unspecified atom stereocenters. The normalized spacial score (nSPS) is 12.6. The van der Waals surface area contributed by atoms with E-state index in [1.54, 1.807) is 13.0 Å². The molecule has 3 rings (SSSR count). The number of benzene rings is 1. The number of hydrogen-bond donors (Lipinski definition) is 1. The Morgan fingerprint density at radius 3 is 2.50 bits per heavy atom. The number of alkyl halides is 3. The number of halogens is 5. The summed E-state index contributed by atoms with van der Waals surface area (Å²) in [5, 5.41) is 6.19. The van der Waals surface area contributed by atoms with Gasteiger partial charge in [-0.15, -0.1) is 5.10 Å². The predicted molar refractivity (Wildman–Crippen MR) is 94.3 cm³/mol. The van der Waals surface area contributed by atoms with Gasteiger partial charge in [0, 0.05) is 23.0 Å². The first-order chi connectivity index (χ1) is 13.1. The van der Waals surface area contributed by atoms with Crippen molar-refractivity contribution in [2.45, 2.75) is 19.1 Å². The highest BCUT2D eigenvalue weighted by molar-refractivity contribution is 6.31. The van der Waals surface area contributed by atoms with Gasteiger partial charge in [-0.05, 0) is 42.8 Å². The molecule has 28 heavy (non-hydrogen) atoms. The van der Waals surface area contributed by atoms with Gasteiger partial charge in [0.05, 0.1) is 11.6 Å². The number of nitrogens with zero attached hydrogens (tertiary/aromatic N) is 5. The highest BCUT2D eigenvalue weighted by atomic mass is 35.5. The summed E-state index contributed by atoms with van der Waals surface area (Å²) < 4.78 is 40.1. The van der Waals surface area contributed by atoms with E-state index in [2.05, 4.69) is 25.4 Å². The SMILES string of the molecule is CC(NC(=O)c1cc(Cl)cc(C(F)(F)F)c1)c1nc(Cl)nn1-c1ncccn1. The zero-order chi connectivity index (χ0) is 20.5. The van der Waals surface area contributed by atoms with Gasteiger partial charge in [-0.25, -0.2) is 9.97 Å². The quantitative estimate of drug-likeness (QED) is 0.678. The summed E-state index contributed by atoms with van der Waals surface area (Å²) in [6.45, 7) is 1.56. The van der Waals surface area contributed by atoms with Crippen molar-refractivity contribution in [2.24, 2.45) is 0 Å². The van der Waals surface area contributed by atoms with Crippen LogP contribution < -0.4 is 5.32 Å². The third-order valence-electron chi connectivity index (χ3n) is 3.57. The molecular weight excluding hydrogens is 420 g/mol. The molecule has 2 aromatic heterocycles. The maximum Gasteiger partial charge on any atom is 0.416 e. The summed E-state index contributed by atoms with van der Waals surface area (Å²) in [5.74, 6) is -0.414. The lowest BCUT2D eigenvalue weighted by Gasteiger charge is -2.15. The van der Waals surface area contributed by atoms with Gasteiger partial charge in [-0.3, -0.25) is 4.79 Å². The van der Waals surface area contributed by atoms with Crippen LogP contribution in [0.25, 0.3) is 5.95 Å². The number of carbonyl (C=O) groups excluding carboxylic acids is 1. The van der Waals surface area contributed by atoms with E-state index in [4.69, 9.17) is 23.2 Å². The van der Waals surface area contributed by atoms with Crippen LogP contribution in [0, 0.1) is 0 Å². The second-order valence-corrected chi connectivity index (χ2v) is 6.40. The zero-order valence-electron chi connectivity index (χ0n) is 14.1. The molecule has 1 N–H and O–H groups in total. The minimum Gasteiger partial charge on any atom is -0.342 e. The summed E-state index contributed by atoms with van der Waals surface area (Å²) >= 11 is 11.6. The number of aromatic nitrogens is 5. The molecule has 0 saturated heterocycles. The fourth-order valence-corrected chi connectivity index (χ4v) is 2.75. The molecule has 0 aliphatic carbocycles. The second-order valence-electron chi connectivity index (χ2n) is 5.62. The number of hydrogen-bond acceptors (Lipinski definition) is 5. The zero-order valence-corrected chi connectivity index (χ0v) is 15.6. The van der Waals surface area contributed by atoms with Gasteiger partial charge in [-0.1, -0.05) is 11.6 Å². The third-order valence-corrected chi connectivity index (χ3v) is 3.95. The maximum absolute atomic E-state index is 12.9. The molecule has 0 saturated carbocycles. The van der Waals surface area contributed by atoms with Crippen LogP contribution in [-0.2, 0) is 6.18 Å². The Morgan fingerprint density at radius 2 is 1.86 bits per heavy atom. The van der Waals surface area contributed by atoms with Crippen molar-refractivity contribution < 1.29 is 18.0 Å². The van der Waals surface area contributed by atoms with Crippen molar-refractivity contribution >= 4 is 29.1 Å². The van der Waals surface area contributed by atoms with Gasteiger partial charge in [-0.2, -0.15) is 22.8 Å². The van der Waals surface area contributed by atoms with Gasteiger partial charge in [0.15, 0.2) is 5.82 Å². The monoisotopic (exact) mass is 430 g/mol.